The average molecular weight is 292 g/mol. The summed E-state index contributed by atoms with van der Waals surface area (Å²) < 4.78 is 10.4. The van der Waals surface area contributed by atoms with Crippen molar-refractivity contribution in [2.75, 3.05) is 33.9 Å². The molecule has 0 aromatic heterocycles. The SMILES string of the molecule is COc1cc(OC)cc(C(=O)N2CCC(C)C(CN)C2)c1. The van der Waals surface area contributed by atoms with Crippen LogP contribution in [0.15, 0.2) is 18.2 Å². The predicted molar refractivity (Wildman–Crippen MR) is 81.8 cm³/mol. The summed E-state index contributed by atoms with van der Waals surface area (Å²) in [5.74, 6) is 2.20. The first kappa shape index (κ1) is 15.6. The van der Waals surface area contributed by atoms with Gasteiger partial charge in [0.1, 0.15) is 11.5 Å². The molecule has 0 radical (unpaired) electrons. The van der Waals surface area contributed by atoms with Crippen LogP contribution < -0.4 is 15.2 Å². The van der Waals surface area contributed by atoms with Crippen LogP contribution in [-0.4, -0.2) is 44.7 Å². The molecular formula is C16H24N2O3. The molecule has 5 nitrogen and oxygen atoms in total. The molecule has 21 heavy (non-hydrogen) atoms. The molecule has 2 rings (SSSR count). The summed E-state index contributed by atoms with van der Waals surface area (Å²) in [4.78, 5) is 14.6. The van der Waals surface area contributed by atoms with Crippen molar-refractivity contribution in [2.24, 2.45) is 17.6 Å². The van der Waals surface area contributed by atoms with Crippen LogP contribution in [0.5, 0.6) is 11.5 Å². The van der Waals surface area contributed by atoms with E-state index in [1.165, 1.54) is 0 Å². The summed E-state index contributed by atoms with van der Waals surface area (Å²) >= 11 is 0. The highest BCUT2D eigenvalue weighted by atomic mass is 16.5. The number of amides is 1. The van der Waals surface area contributed by atoms with E-state index in [1.807, 2.05) is 4.90 Å². The molecule has 0 aliphatic carbocycles. The lowest BCUT2D eigenvalue weighted by Gasteiger charge is -2.36. The van der Waals surface area contributed by atoms with Crippen molar-refractivity contribution in [3.05, 3.63) is 23.8 Å². The normalized spacial score (nSPS) is 22.0. The van der Waals surface area contributed by atoms with Gasteiger partial charge in [-0.15, -0.1) is 0 Å². The van der Waals surface area contributed by atoms with Gasteiger partial charge in [-0.05, 0) is 36.9 Å². The van der Waals surface area contributed by atoms with Crippen molar-refractivity contribution in [3.63, 3.8) is 0 Å². The molecule has 2 atom stereocenters. The molecule has 1 heterocycles. The second-order valence-corrected chi connectivity index (χ2v) is 5.61. The molecule has 1 amide bonds. The molecule has 2 N–H and O–H groups in total. The van der Waals surface area contributed by atoms with Gasteiger partial charge < -0.3 is 20.1 Å². The first-order chi connectivity index (χ1) is 10.1. The minimum Gasteiger partial charge on any atom is -0.497 e. The van der Waals surface area contributed by atoms with Crippen molar-refractivity contribution in [1.82, 2.24) is 4.90 Å². The molecule has 116 valence electrons. The zero-order chi connectivity index (χ0) is 15.4. The number of likely N-dealkylation sites (tertiary alicyclic amines) is 1. The van der Waals surface area contributed by atoms with Gasteiger partial charge in [-0.1, -0.05) is 6.92 Å². The minimum absolute atomic E-state index is 0.0116. The third-order valence-electron chi connectivity index (χ3n) is 4.30. The Bertz CT molecular complexity index is 482. The number of piperidine rings is 1. The van der Waals surface area contributed by atoms with Gasteiger partial charge in [-0.3, -0.25) is 4.79 Å². The number of methoxy groups -OCH3 is 2. The maximum Gasteiger partial charge on any atom is 0.254 e. The summed E-state index contributed by atoms with van der Waals surface area (Å²) in [6, 6.07) is 5.26. The highest BCUT2D eigenvalue weighted by Gasteiger charge is 2.28. The summed E-state index contributed by atoms with van der Waals surface area (Å²) in [7, 11) is 3.16. The van der Waals surface area contributed by atoms with E-state index in [2.05, 4.69) is 6.92 Å². The molecule has 0 saturated carbocycles. The zero-order valence-electron chi connectivity index (χ0n) is 13.0. The van der Waals surface area contributed by atoms with E-state index < -0.39 is 0 Å². The number of carbonyl (C=O) groups is 1. The van der Waals surface area contributed by atoms with Crippen molar-refractivity contribution < 1.29 is 14.3 Å². The molecule has 0 bridgehead atoms. The Morgan fingerprint density at radius 1 is 1.29 bits per heavy atom. The lowest BCUT2D eigenvalue weighted by molar-refractivity contribution is 0.0618. The molecular weight excluding hydrogens is 268 g/mol. The van der Waals surface area contributed by atoms with E-state index in [1.54, 1.807) is 32.4 Å². The van der Waals surface area contributed by atoms with E-state index >= 15 is 0 Å². The largest absolute Gasteiger partial charge is 0.497 e. The number of ether oxygens (including phenoxy) is 2. The number of hydrogen-bond donors (Lipinski definition) is 1. The lowest BCUT2D eigenvalue weighted by atomic mass is 9.87. The molecule has 1 saturated heterocycles. The zero-order valence-corrected chi connectivity index (χ0v) is 13.0. The number of rotatable bonds is 4. The van der Waals surface area contributed by atoms with Gasteiger partial charge in [0.15, 0.2) is 0 Å². The maximum atomic E-state index is 12.7. The second kappa shape index (κ2) is 6.80. The van der Waals surface area contributed by atoms with Crippen LogP contribution in [0.4, 0.5) is 0 Å². The minimum atomic E-state index is 0.0116. The molecule has 1 aliphatic heterocycles. The fourth-order valence-corrected chi connectivity index (χ4v) is 2.75. The Hall–Kier alpha value is -1.75. The van der Waals surface area contributed by atoms with Gasteiger partial charge in [0.05, 0.1) is 14.2 Å². The Labute approximate surface area is 126 Å². The average Bonchev–Trinajstić information content (AvgIpc) is 2.54. The lowest BCUT2D eigenvalue weighted by Crippen LogP contribution is -2.45. The fourth-order valence-electron chi connectivity index (χ4n) is 2.75. The molecule has 1 aromatic rings. The summed E-state index contributed by atoms with van der Waals surface area (Å²) in [6.07, 6.45) is 0.995. The van der Waals surface area contributed by atoms with Crippen LogP contribution in [0.3, 0.4) is 0 Å². The number of nitrogens with zero attached hydrogens (tertiary/aromatic N) is 1. The Balaban J connectivity index is 2.19. The van der Waals surface area contributed by atoms with Gasteiger partial charge in [0.25, 0.3) is 5.91 Å². The van der Waals surface area contributed by atoms with E-state index in [0.717, 1.165) is 19.5 Å². The van der Waals surface area contributed by atoms with Gasteiger partial charge >= 0.3 is 0 Å². The summed E-state index contributed by atoms with van der Waals surface area (Å²) in [5.41, 5.74) is 6.40. The van der Waals surface area contributed by atoms with E-state index in [9.17, 15) is 4.79 Å². The number of hydrogen-bond acceptors (Lipinski definition) is 4. The van der Waals surface area contributed by atoms with Crippen molar-refractivity contribution in [3.8, 4) is 11.5 Å². The number of benzene rings is 1. The van der Waals surface area contributed by atoms with Crippen molar-refractivity contribution in [1.29, 1.82) is 0 Å². The van der Waals surface area contributed by atoms with Crippen LogP contribution in [0.2, 0.25) is 0 Å². The first-order valence-electron chi connectivity index (χ1n) is 7.31. The van der Waals surface area contributed by atoms with Gasteiger partial charge in [0, 0.05) is 24.7 Å². The molecule has 1 fully saturated rings. The monoisotopic (exact) mass is 292 g/mol. The summed E-state index contributed by atoms with van der Waals surface area (Å²) in [5, 5.41) is 0. The predicted octanol–water partition coefficient (Wildman–Crippen LogP) is 1.76. The standard InChI is InChI=1S/C16H24N2O3/c1-11-4-5-18(10-13(11)9-17)16(19)12-6-14(20-2)8-15(7-12)21-3/h6-8,11,13H,4-5,9-10,17H2,1-3H3. The third-order valence-corrected chi connectivity index (χ3v) is 4.30. The Morgan fingerprint density at radius 2 is 1.90 bits per heavy atom. The quantitative estimate of drug-likeness (QED) is 0.918. The third kappa shape index (κ3) is 3.47. The highest BCUT2D eigenvalue weighted by Crippen LogP contribution is 2.27. The highest BCUT2D eigenvalue weighted by molar-refractivity contribution is 5.95. The van der Waals surface area contributed by atoms with Gasteiger partial charge in [0.2, 0.25) is 0 Å². The first-order valence-corrected chi connectivity index (χ1v) is 7.31. The second-order valence-electron chi connectivity index (χ2n) is 5.61. The van der Waals surface area contributed by atoms with Crippen LogP contribution in [-0.2, 0) is 0 Å². The van der Waals surface area contributed by atoms with Gasteiger partial charge in [-0.25, -0.2) is 0 Å². The van der Waals surface area contributed by atoms with Crippen LogP contribution >= 0.6 is 0 Å². The summed E-state index contributed by atoms with van der Waals surface area (Å²) in [6.45, 7) is 4.31. The molecule has 2 unspecified atom stereocenters. The molecule has 1 aliphatic rings. The molecule has 5 heteroatoms. The topological polar surface area (TPSA) is 64.8 Å². The van der Waals surface area contributed by atoms with E-state index in [-0.39, 0.29) is 5.91 Å². The van der Waals surface area contributed by atoms with Crippen LogP contribution in [0, 0.1) is 11.8 Å². The molecule has 0 spiro atoms. The van der Waals surface area contributed by atoms with Crippen molar-refractivity contribution in [2.45, 2.75) is 13.3 Å². The smallest absolute Gasteiger partial charge is 0.254 e. The van der Waals surface area contributed by atoms with Crippen LogP contribution in [0.25, 0.3) is 0 Å². The Kier molecular flexibility index (Phi) is 5.07. The number of carbonyl (C=O) groups excluding carboxylic acids is 1. The van der Waals surface area contributed by atoms with E-state index in [0.29, 0.717) is 35.4 Å². The van der Waals surface area contributed by atoms with E-state index in [4.69, 9.17) is 15.2 Å². The number of nitrogens with two attached hydrogens (primary N) is 1. The molecule has 1 aromatic carbocycles. The Morgan fingerprint density at radius 3 is 2.43 bits per heavy atom. The van der Waals surface area contributed by atoms with Crippen molar-refractivity contribution >= 4 is 5.91 Å². The maximum absolute atomic E-state index is 12.7. The van der Waals surface area contributed by atoms with Gasteiger partial charge in [-0.2, -0.15) is 0 Å². The fraction of sp³-hybridized carbons (Fsp3) is 0.562. The van der Waals surface area contributed by atoms with Crippen LogP contribution in [0.1, 0.15) is 23.7 Å².